The van der Waals surface area contributed by atoms with Gasteiger partial charge in [0.1, 0.15) is 5.57 Å². The Labute approximate surface area is 86.2 Å². The second kappa shape index (κ2) is 4.52. The molecule has 0 aliphatic carbocycles. The molecule has 6 nitrogen and oxygen atoms in total. The molecular weight excluding hydrogens is 198 g/mol. The highest BCUT2D eigenvalue weighted by molar-refractivity contribution is 5.95. The summed E-state index contributed by atoms with van der Waals surface area (Å²) in [6.45, 7) is 1.64. The van der Waals surface area contributed by atoms with E-state index in [9.17, 15) is 4.79 Å². The Morgan fingerprint density at radius 1 is 1.60 bits per heavy atom. The van der Waals surface area contributed by atoms with Crippen molar-refractivity contribution in [3.05, 3.63) is 23.0 Å². The van der Waals surface area contributed by atoms with E-state index in [1.165, 1.54) is 6.08 Å². The molecule has 4 N–H and O–H groups in total. The fraction of sp³-hybridized carbons (Fsp3) is 0.222. The Kier molecular flexibility index (Phi) is 3.35. The van der Waals surface area contributed by atoms with E-state index in [0.717, 1.165) is 12.4 Å². The molecular formula is C9H11N3O3. The van der Waals surface area contributed by atoms with Gasteiger partial charge in [-0.15, -0.1) is 5.48 Å². The fourth-order valence-corrected chi connectivity index (χ4v) is 1.23. The van der Waals surface area contributed by atoms with Gasteiger partial charge in [-0.25, -0.2) is 4.79 Å². The molecule has 0 fully saturated rings. The van der Waals surface area contributed by atoms with Crippen LogP contribution in [0, 0.1) is 10.8 Å². The lowest BCUT2D eigenvalue weighted by molar-refractivity contribution is -0.132. The molecule has 1 heterocycles. The molecule has 0 aromatic heterocycles. The summed E-state index contributed by atoms with van der Waals surface area (Å²) in [6.07, 6.45) is 3.22. The molecule has 1 aliphatic heterocycles. The number of hydrogen-bond acceptors (Lipinski definition) is 5. The maximum atomic E-state index is 10.9. The SMILES string of the molecule is CC1NOC(C(C=N)=CC=N)=C1C(=O)O. The van der Waals surface area contributed by atoms with E-state index in [-0.39, 0.29) is 16.9 Å². The monoisotopic (exact) mass is 209 g/mol. The average molecular weight is 209 g/mol. The minimum absolute atomic E-state index is 0.0617. The Morgan fingerprint density at radius 3 is 2.73 bits per heavy atom. The largest absolute Gasteiger partial charge is 0.478 e. The quantitative estimate of drug-likeness (QED) is 0.505. The third-order valence-corrected chi connectivity index (χ3v) is 1.93. The summed E-state index contributed by atoms with van der Waals surface area (Å²) in [5.41, 5.74) is 2.81. The van der Waals surface area contributed by atoms with Gasteiger partial charge in [-0.2, -0.15) is 0 Å². The first-order chi connectivity index (χ1) is 7.11. The summed E-state index contributed by atoms with van der Waals surface area (Å²) in [5, 5.41) is 22.9. The normalized spacial score (nSPS) is 21.1. The zero-order valence-corrected chi connectivity index (χ0v) is 8.07. The number of aliphatic carboxylic acids is 1. The van der Waals surface area contributed by atoms with Crippen LogP contribution in [0.1, 0.15) is 6.92 Å². The molecule has 0 saturated carbocycles. The van der Waals surface area contributed by atoms with Crippen LogP contribution in [0.4, 0.5) is 0 Å². The van der Waals surface area contributed by atoms with Gasteiger partial charge in [-0.05, 0) is 13.0 Å². The minimum Gasteiger partial charge on any atom is -0.478 e. The van der Waals surface area contributed by atoms with Gasteiger partial charge in [-0.1, -0.05) is 0 Å². The Morgan fingerprint density at radius 2 is 2.27 bits per heavy atom. The topological polar surface area (TPSA) is 106 Å². The maximum Gasteiger partial charge on any atom is 0.337 e. The van der Waals surface area contributed by atoms with Crippen molar-refractivity contribution in [1.82, 2.24) is 5.48 Å². The summed E-state index contributed by atoms with van der Waals surface area (Å²) < 4.78 is 0. The first-order valence-corrected chi connectivity index (χ1v) is 4.23. The highest BCUT2D eigenvalue weighted by atomic mass is 16.7. The van der Waals surface area contributed by atoms with Crippen LogP contribution in [0.15, 0.2) is 23.0 Å². The van der Waals surface area contributed by atoms with Gasteiger partial charge < -0.3 is 20.8 Å². The van der Waals surface area contributed by atoms with Crippen LogP contribution in [-0.4, -0.2) is 29.5 Å². The van der Waals surface area contributed by atoms with Gasteiger partial charge in [0, 0.05) is 18.0 Å². The number of rotatable bonds is 4. The Balaban J connectivity index is 3.20. The van der Waals surface area contributed by atoms with Gasteiger partial charge >= 0.3 is 5.97 Å². The van der Waals surface area contributed by atoms with Crippen LogP contribution in [-0.2, 0) is 9.63 Å². The van der Waals surface area contributed by atoms with Crippen LogP contribution in [0.2, 0.25) is 0 Å². The number of hydroxylamine groups is 1. The second-order valence-electron chi connectivity index (χ2n) is 2.92. The predicted molar refractivity (Wildman–Crippen MR) is 54.0 cm³/mol. The molecule has 0 spiro atoms. The van der Waals surface area contributed by atoms with Crippen LogP contribution < -0.4 is 5.48 Å². The van der Waals surface area contributed by atoms with Gasteiger partial charge in [0.25, 0.3) is 0 Å². The van der Waals surface area contributed by atoms with Crippen molar-refractivity contribution in [2.45, 2.75) is 13.0 Å². The number of carbonyl (C=O) groups is 1. The molecule has 6 heteroatoms. The van der Waals surface area contributed by atoms with Crippen molar-refractivity contribution < 1.29 is 14.7 Å². The molecule has 1 atom stereocenters. The molecule has 1 aliphatic rings. The number of carboxylic acids is 1. The maximum absolute atomic E-state index is 10.9. The smallest absolute Gasteiger partial charge is 0.337 e. The minimum atomic E-state index is -1.10. The average Bonchev–Trinajstić information content (AvgIpc) is 2.56. The van der Waals surface area contributed by atoms with Crippen molar-refractivity contribution >= 4 is 18.4 Å². The fourth-order valence-electron chi connectivity index (χ4n) is 1.23. The van der Waals surface area contributed by atoms with Crippen LogP contribution >= 0.6 is 0 Å². The molecule has 0 aromatic carbocycles. The first kappa shape index (κ1) is 11.1. The lowest BCUT2D eigenvalue weighted by Crippen LogP contribution is -2.23. The van der Waals surface area contributed by atoms with Crippen molar-refractivity contribution in [3.8, 4) is 0 Å². The Bertz CT molecular complexity index is 371. The van der Waals surface area contributed by atoms with Gasteiger partial charge in [0.2, 0.25) is 0 Å². The second-order valence-corrected chi connectivity index (χ2v) is 2.92. The van der Waals surface area contributed by atoms with E-state index in [4.69, 9.17) is 20.8 Å². The number of hydrogen-bond donors (Lipinski definition) is 4. The lowest BCUT2D eigenvalue weighted by atomic mass is 10.1. The number of allylic oxidation sites excluding steroid dienone is 2. The van der Waals surface area contributed by atoms with Crippen LogP contribution in [0.3, 0.4) is 0 Å². The zero-order chi connectivity index (χ0) is 11.4. The number of carboxylic acid groups (broad SMARTS) is 1. The summed E-state index contributed by atoms with van der Waals surface area (Å²) in [7, 11) is 0. The van der Waals surface area contributed by atoms with Gasteiger partial charge in [0.15, 0.2) is 5.76 Å². The standard InChI is InChI=1S/C9H11N3O3/c1-5-7(9(13)14)8(15-12-5)6(4-11)2-3-10/h2-5,10-12H,1H3,(H,13,14). The molecule has 80 valence electrons. The zero-order valence-electron chi connectivity index (χ0n) is 8.07. The third-order valence-electron chi connectivity index (χ3n) is 1.93. The molecule has 0 amide bonds. The van der Waals surface area contributed by atoms with Crippen LogP contribution in [0.5, 0.6) is 0 Å². The molecule has 0 aromatic rings. The van der Waals surface area contributed by atoms with Gasteiger partial charge in [0.05, 0.1) is 6.04 Å². The van der Waals surface area contributed by atoms with E-state index in [1.807, 2.05) is 0 Å². The summed E-state index contributed by atoms with van der Waals surface area (Å²) >= 11 is 0. The van der Waals surface area contributed by atoms with Crippen LogP contribution in [0.25, 0.3) is 0 Å². The molecule has 1 rings (SSSR count). The molecule has 0 saturated heterocycles. The van der Waals surface area contributed by atoms with E-state index in [2.05, 4.69) is 5.48 Å². The predicted octanol–water partition coefficient (Wildman–Crippen LogP) is 0.474. The molecule has 0 radical (unpaired) electrons. The van der Waals surface area contributed by atoms with E-state index < -0.39 is 12.0 Å². The third kappa shape index (κ3) is 2.10. The summed E-state index contributed by atoms with van der Waals surface area (Å²) in [6, 6.07) is -0.438. The van der Waals surface area contributed by atoms with Gasteiger partial charge in [-0.3, -0.25) is 0 Å². The van der Waals surface area contributed by atoms with Crippen molar-refractivity contribution in [2.24, 2.45) is 0 Å². The van der Waals surface area contributed by atoms with E-state index >= 15 is 0 Å². The van der Waals surface area contributed by atoms with Crippen molar-refractivity contribution in [1.29, 1.82) is 10.8 Å². The molecule has 0 bridgehead atoms. The first-order valence-electron chi connectivity index (χ1n) is 4.23. The highest BCUT2D eigenvalue weighted by Gasteiger charge is 2.30. The highest BCUT2D eigenvalue weighted by Crippen LogP contribution is 2.22. The lowest BCUT2D eigenvalue weighted by Gasteiger charge is -2.01. The molecule has 15 heavy (non-hydrogen) atoms. The van der Waals surface area contributed by atoms with Crippen molar-refractivity contribution in [2.75, 3.05) is 0 Å². The number of nitrogens with one attached hydrogen (secondary N) is 3. The summed E-state index contributed by atoms with van der Waals surface area (Å²) in [4.78, 5) is 15.9. The Hall–Kier alpha value is -1.95. The summed E-state index contributed by atoms with van der Waals surface area (Å²) in [5.74, 6) is -1.01. The van der Waals surface area contributed by atoms with E-state index in [0.29, 0.717) is 0 Å². The van der Waals surface area contributed by atoms with Crippen molar-refractivity contribution in [3.63, 3.8) is 0 Å². The van der Waals surface area contributed by atoms with E-state index in [1.54, 1.807) is 6.92 Å². The molecule has 1 unspecified atom stereocenters.